The molecule has 70 valence electrons. The highest BCUT2D eigenvalue weighted by Gasteiger charge is 1.97. The first kappa shape index (κ1) is 10.6. The minimum atomic E-state index is -0.142. The van der Waals surface area contributed by atoms with Crippen molar-refractivity contribution in [2.75, 3.05) is 6.26 Å². The molecule has 0 unspecified atom stereocenters. The van der Waals surface area contributed by atoms with Gasteiger partial charge in [0.05, 0.1) is 0 Å². The molecule has 2 heteroatoms. The summed E-state index contributed by atoms with van der Waals surface area (Å²) < 4.78 is 0. The van der Waals surface area contributed by atoms with E-state index in [9.17, 15) is 4.79 Å². The van der Waals surface area contributed by atoms with Crippen molar-refractivity contribution in [3.8, 4) is 11.8 Å². The zero-order chi connectivity index (χ0) is 10.2. The Morgan fingerprint density at radius 2 is 2.07 bits per heavy atom. The summed E-state index contributed by atoms with van der Waals surface area (Å²) in [5.74, 6) is 5.09. The van der Waals surface area contributed by atoms with E-state index in [1.54, 1.807) is 30.0 Å². The molecule has 0 atom stereocenters. The lowest BCUT2D eigenvalue weighted by molar-refractivity contribution is 0.105. The van der Waals surface area contributed by atoms with Gasteiger partial charge >= 0.3 is 0 Å². The third-order valence-corrected chi connectivity index (χ3v) is 1.92. The Labute approximate surface area is 88.2 Å². The highest BCUT2D eigenvalue weighted by atomic mass is 32.2. The topological polar surface area (TPSA) is 17.1 Å². The van der Waals surface area contributed by atoms with E-state index in [2.05, 4.69) is 11.8 Å². The number of carbonyl (C=O) groups excluding carboxylic acids is 1. The fraction of sp³-hybridized carbons (Fsp3) is 0.0833. The van der Waals surface area contributed by atoms with Gasteiger partial charge in [-0.2, -0.15) is 0 Å². The molecule has 1 aromatic carbocycles. The van der Waals surface area contributed by atoms with Gasteiger partial charge in [-0.3, -0.25) is 4.79 Å². The van der Waals surface area contributed by atoms with Gasteiger partial charge in [-0.05, 0) is 23.7 Å². The van der Waals surface area contributed by atoms with Gasteiger partial charge in [-0.25, -0.2) is 0 Å². The average molecular weight is 202 g/mol. The second kappa shape index (κ2) is 6.06. The molecule has 0 saturated carbocycles. The molecule has 0 N–H and O–H groups in total. The molecule has 0 aromatic heterocycles. The molecule has 1 rings (SSSR count). The Bertz CT molecular complexity index is 382. The predicted molar refractivity (Wildman–Crippen MR) is 61.2 cm³/mol. The number of allylic oxidation sites excluding steroid dienone is 1. The molecular weight excluding hydrogens is 192 g/mol. The van der Waals surface area contributed by atoms with E-state index in [0.717, 1.165) is 0 Å². The number of rotatable bonds is 2. The van der Waals surface area contributed by atoms with Crippen molar-refractivity contribution in [1.29, 1.82) is 0 Å². The van der Waals surface area contributed by atoms with Crippen LogP contribution in [0.4, 0.5) is 0 Å². The van der Waals surface area contributed by atoms with E-state index in [-0.39, 0.29) is 5.78 Å². The Kier molecular flexibility index (Phi) is 4.60. The van der Waals surface area contributed by atoms with Gasteiger partial charge in [0.1, 0.15) is 0 Å². The van der Waals surface area contributed by atoms with Crippen LogP contribution in [0.25, 0.3) is 0 Å². The maximum Gasteiger partial charge on any atom is 0.236 e. The van der Waals surface area contributed by atoms with E-state index in [4.69, 9.17) is 0 Å². The molecular formula is C12H10OS. The normalized spacial score (nSPS) is 9.50. The number of thioether (sulfide) groups is 1. The van der Waals surface area contributed by atoms with Gasteiger partial charge in [0, 0.05) is 5.56 Å². The molecule has 0 spiro atoms. The Morgan fingerprint density at radius 1 is 1.36 bits per heavy atom. The molecule has 0 aliphatic carbocycles. The molecule has 1 nitrogen and oxygen atoms in total. The zero-order valence-electron chi connectivity index (χ0n) is 7.86. The van der Waals surface area contributed by atoms with Crippen molar-refractivity contribution in [2.24, 2.45) is 0 Å². The van der Waals surface area contributed by atoms with E-state index >= 15 is 0 Å². The summed E-state index contributed by atoms with van der Waals surface area (Å²) in [6, 6.07) is 9.04. The quantitative estimate of drug-likeness (QED) is 0.417. The van der Waals surface area contributed by atoms with Crippen LogP contribution in [0.5, 0.6) is 0 Å². The number of hydrogen-bond acceptors (Lipinski definition) is 2. The van der Waals surface area contributed by atoms with Gasteiger partial charge in [0.25, 0.3) is 0 Å². The van der Waals surface area contributed by atoms with Gasteiger partial charge in [0.15, 0.2) is 0 Å². The SMILES string of the molecule is CSC=CC#CC(=O)c1ccccc1. The van der Waals surface area contributed by atoms with Gasteiger partial charge < -0.3 is 0 Å². The van der Waals surface area contributed by atoms with Crippen LogP contribution in [0.1, 0.15) is 10.4 Å². The lowest BCUT2D eigenvalue weighted by Crippen LogP contribution is -1.92. The Morgan fingerprint density at radius 3 is 2.71 bits per heavy atom. The molecule has 0 radical (unpaired) electrons. The summed E-state index contributed by atoms with van der Waals surface area (Å²) in [4.78, 5) is 11.4. The van der Waals surface area contributed by atoms with Crippen LogP contribution in [0.2, 0.25) is 0 Å². The first-order valence-electron chi connectivity index (χ1n) is 4.13. The minimum absolute atomic E-state index is 0.142. The van der Waals surface area contributed by atoms with Gasteiger partial charge in [-0.1, -0.05) is 36.3 Å². The second-order valence-corrected chi connectivity index (χ2v) is 3.25. The molecule has 0 heterocycles. The third kappa shape index (κ3) is 3.51. The summed E-state index contributed by atoms with van der Waals surface area (Å²) in [7, 11) is 0. The van der Waals surface area contributed by atoms with E-state index in [1.807, 2.05) is 29.9 Å². The third-order valence-electron chi connectivity index (χ3n) is 1.51. The summed E-state index contributed by atoms with van der Waals surface area (Å²) in [5, 5.41) is 1.84. The van der Waals surface area contributed by atoms with Crippen LogP contribution >= 0.6 is 11.8 Å². The fourth-order valence-electron chi connectivity index (χ4n) is 0.871. The predicted octanol–water partition coefficient (Wildman–Crippen LogP) is 2.75. The zero-order valence-corrected chi connectivity index (χ0v) is 8.67. The summed E-state index contributed by atoms with van der Waals surface area (Å²) in [5.41, 5.74) is 0.637. The van der Waals surface area contributed by atoms with E-state index < -0.39 is 0 Å². The standard InChI is InChI=1S/C12H10OS/c1-14-10-6-5-9-12(13)11-7-3-2-4-8-11/h2-4,6-8,10H,1H3. The molecule has 1 aromatic rings. The van der Waals surface area contributed by atoms with E-state index in [0.29, 0.717) is 5.56 Å². The fourth-order valence-corrected chi connectivity index (χ4v) is 1.08. The van der Waals surface area contributed by atoms with Gasteiger partial charge in [-0.15, -0.1) is 11.8 Å². The number of carbonyl (C=O) groups is 1. The maximum atomic E-state index is 11.4. The molecule has 0 aliphatic rings. The monoisotopic (exact) mass is 202 g/mol. The molecule has 0 amide bonds. The molecule has 0 fully saturated rings. The van der Waals surface area contributed by atoms with Crippen LogP contribution in [-0.4, -0.2) is 12.0 Å². The Balaban J connectivity index is 2.67. The average Bonchev–Trinajstić information content (AvgIpc) is 2.25. The molecule has 0 bridgehead atoms. The van der Waals surface area contributed by atoms with Crippen molar-refractivity contribution in [3.63, 3.8) is 0 Å². The first-order chi connectivity index (χ1) is 6.84. The summed E-state index contributed by atoms with van der Waals surface area (Å²) in [6.07, 6.45) is 3.61. The van der Waals surface area contributed by atoms with Crippen molar-refractivity contribution in [3.05, 3.63) is 47.4 Å². The van der Waals surface area contributed by atoms with Crippen LogP contribution < -0.4 is 0 Å². The van der Waals surface area contributed by atoms with E-state index in [1.165, 1.54) is 0 Å². The van der Waals surface area contributed by atoms with Crippen LogP contribution in [0.15, 0.2) is 41.8 Å². The van der Waals surface area contributed by atoms with Crippen molar-refractivity contribution < 1.29 is 4.79 Å². The van der Waals surface area contributed by atoms with Crippen molar-refractivity contribution in [2.45, 2.75) is 0 Å². The van der Waals surface area contributed by atoms with Crippen LogP contribution in [0.3, 0.4) is 0 Å². The highest BCUT2D eigenvalue weighted by Crippen LogP contribution is 1.98. The van der Waals surface area contributed by atoms with Crippen LogP contribution in [-0.2, 0) is 0 Å². The maximum absolute atomic E-state index is 11.4. The minimum Gasteiger partial charge on any atom is -0.279 e. The number of ketones is 1. The number of Topliss-reactive ketones (excluding diaryl/α,β-unsaturated/α-hetero) is 1. The smallest absolute Gasteiger partial charge is 0.236 e. The highest BCUT2D eigenvalue weighted by molar-refractivity contribution is 8.01. The van der Waals surface area contributed by atoms with Crippen LogP contribution in [0, 0.1) is 11.8 Å². The largest absolute Gasteiger partial charge is 0.279 e. The molecule has 14 heavy (non-hydrogen) atoms. The Hall–Kier alpha value is -1.46. The number of hydrogen-bond donors (Lipinski definition) is 0. The lowest BCUT2D eigenvalue weighted by atomic mass is 10.1. The van der Waals surface area contributed by atoms with Crippen molar-refractivity contribution >= 4 is 17.5 Å². The summed E-state index contributed by atoms with van der Waals surface area (Å²) >= 11 is 1.55. The number of benzene rings is 1. The summed E-state index contributed by atoms with van der Waals surface area (Å²) in [6.45, 7) is 0. The molecule has 0 saturated heterocycles. The lowest BCUT2D eigenvalue weighted by Gasteiger charge is -1.89. The van der Waals surface area contributed by atoms with Crippen molar-refractivity contribution in [1.82, 2.24) is 0 Å². The molecule has 0 aliphatic heterocycles. The first-order valence-corrected chi connectivity index (χ1v) is 5.42. The second-order valence-electron chi connectivity index (χ2n) is 2.50. The van der Waals surface area contributed by atoms with Gasteiger partial charge in [0.2, 0.25) is 5.78 Å².